The molecule has 6 nitrogen and oxygen atoms in total. The first-order valence-corrected chi connectivity index (χ1v) is 10.0. The van der Waals surface area contributed by atoms with Crippen molar-refractivity contribution in [2.75, 3.05) is 13.1 Å². The Kier molecular flexibility index (Phi) is 6.88. The lowest BCUT2D eigenvalue weighted by atomic mass is 9.99. The minimum Gasteiger partial charge on any atom is -0.355 e. The molecule has 1 aromatic heterocycles. The van der Waals surface area contributed by atoms with Gasteiger partial charge in [0.1, 0.15) is 0 Å². The van der Waals surface area contributed by atoms with E-state index in [1.54, 1.807) is 31.5 Å². The molecule has 7 heteroatoms. The maximum absolute atomic E-state index is 12.4. The van der Waals surface area contributed by atoms with Crippen LogP contribution in [0.2, 0.25) is 0 Å². The molecular weight excluding hydrogens is 350 g/mol. The number of nitrogens with one attached hydrogen (secondary N) is 2. The quantitative estimate of drug-likeness (QED) is 0.693. The molecule has 2 aromatic rings. The number of amides is 1. The minimum atomic E-state index is -3.59. The van der Waals surface area contributed by atoms with E-state index in [0.29, 0.717) is 12.0 Å². The van der Waals surface area contributed by atoms with Gasteiger partial charge in [0, 0.05) is 31.9 Å². The summed E-state index contributed by atoms with van der Waals surface area (Å²) in [7, 11) is -3.59. The molecule has 1 unspecified atom stereocenters. The van der Waals surface area contributed by atoms with E-state index in [1.165, 1.54) is 0 Å². The van der Waals surface area contributed by atoms with Crippen LogP contribution in [0.5, 0.6) is 0 Å². The topological polar surface area (TPSA) is 88.2 Å². The molecule has 1 amide bonds. The summed E-state index contributed by atoms with van der Waals surface area (Å²) in [5.41, 5.74) is 2.57. The average Bonchev–Trinajstić information content (AvgIpc) is 2.61. The van der Waals surface area contributed by atoms with Gasteiger partial charge >= 0.3 is 0 Å². The molecule has 0 saturated carbocycles. The Labute approximate surface area is 155 Å². The van der Waals surface area contributed by atoms with Gasteiger partial charge in [0.15, 0.2) is 0 Å². The van der Waals surface area contributed by atoms with Gasteiger partial charge in [0.05, 0.1) is 4.90 Å². The van der Waals surface area contributed by atoms with Crippen molar-refractivity contribution in [2.45, 2.75) is 38.0 Å². The fraction of sp³-hybridized carbons (Fsp3) is 0.368. The van der Waals surface area contributed by atoms with Crippen molar-refractivity contribution in [3.8, 4) is 0 Å². The zero-order valence-corrected chi connectivity index (χ0v) is 16.1. The maximum atomic E-state index is 12.4. The van der Waals surface area contributed by atoms with Gasteiger partial charge in [-0.3, -0.25) is 9.78 Å². The van der Waals surface area contributed by atoms with E-state index in [-0.39, 0.29) is 29.8 Å². The number of aryl methyl sites for hydroxylation is 2. The standard InChI is InChI=1S/C19H25N3O3S/c1-14-6-7-15(2)18(11-14)26(24,25)22-10-9-21-19(23)12-16(3)17-5-4-8-20-13-17/h4-8,11,13,16,22H,9-10,12H2,1-3H3,(H,21,23). The molecule has 1 heterocycles. The third kappa shape index (κ3) is 5.64. The molecule has 1 aromatic carbocycles. The molecule has 0 spiro atoms. The summed E-state index contributed by atoms with van der Waals surface area (Å²) in [5, 5.41) is 2.75. The molecule has 0 aliphatic heterocycles. The molecule has 26 heavy (non-hydrogen) atoms. The van der Waals surface area contributed by atoms with Gasteiger partial charge in [-0.05, 0) is 48.6 Å². The van der Waals surface area contributed by atoms with Crippen LogP contribution in [-0.2, 0) is 14.8 Å². The Morgan fingerprint density at radius 3 is 2.65 bits per heavy atom. The van der Waals surface area contributed by atoms with Crippen molar-refractivity contribution in [3.63, 3.8) is 0 Å². The number of hydrogen-bond acceptors (Lipinski definition) is 4. The number of carbonyl (C=O) groups excluding carboxylic acids is 1. The second-order valence-corrected chi connectivity index (χ2v) is 8.14. The number of aromatic nitrogens is 1. The molecule has 2 N–H and O–H groups in total. The third-order valence-electron chi connectivity index (χ3n) is 4.12. The Bertz CT molecular complexity index is 852. The predicted octanol–water partition coefficient (Wildman–Crippen LogP) is 2.29. The molecule has 0 aliphatic rings. The summed E-state index contributed by atoms with van der Waals surface area (Å²) < 4.78 is 27.3. The van der Waals surface area contributed by atoms with Crippen LogP contribution in [0, 0.1) is 13.8 Å². The van der Waals surface area contributed by atoms with Crippen molar-refractivity contribution in [1.29, 1.82) is 0 Å². The lowest BCUT2D eigenvalue weighted by Gasteiger charge is -2.13. The molecule has 2 rings (SSSR count). The highest BCUT2D eigenvalue weighted by Crippen LogP contribution is 2.17. The van der Waals surface area contributed by atoms with E-state index in [0.717, 1.165) is 11.1 Å². The maximum Gasteiger partial charge on any atom is 0.240 e. The number of hydrogen-bond donors (Lipinski definition) is 2. The highest BCUT2D eigenvalue weighted by atomic mass is 32.2. The van der Waals surface area contributed by atoms with Gasteiger partial charge in [-0.1, -0.05) is 25.1 Å². The van der Waals surface area contributed by atoms with Crippen molar-refractivity contribution in [3.05, 3.63) is 59.4 Å². The number of nitrogens with zero attached hydrogens (tertiary/aromatic N) is 1. The van der Waals surface area contributed by atoms with Crippen LogP contribution in [0.3, 0.4) is 0 Å². The monoisotopic (exact) mass is 375 g/mol. The zero-order valence-electron chi connectivity index (χ0n) is 15.3. The fourth-order valence-electron chi connectivity index (χ4n) is 2.60. The second-order valence-electron chi connectivity index (χ2n) is 6.41. The van der Waals surface area contributed by atoms with Gasteiger partial charge in [0.25, 0.3) is 0 Å². The van der Waals surface area contributed by atoms with E-state index in [4.69, 9.17) is 0 Å². The first-order valence-electron chi connectivity index (χ1n) is 8.53. The third-order valence-corrected chi connectivity index (χ3v) is 5.72. The summed E-state index contributed by atoms with van der Waals surface area (Å²) in [6, 6.07) is 9.07. The van der Waals surface area contributed by atoms with Crippen LogP contribution in [0.1, 0.15) is 36.0 Å². The first kappa shape index (κ1) is 20.1. The van der Waals surface area contributed by atoms with Crippen molar-refractivity contribution in [2.24, 2.45) is 0 Å². The van der Waals surface area contributed by atoms with E-state index in [2.05, 4.69) is 15.0 Å². The van der Waals surface area contributed by atoms with Crippen LogP contribution < -0.4 is 10.0 Å². The zero-order chi connectivity index (χ0) is 19.2. The highest BCUT2D eigenvalue weighted by Gasteiger charge is 2.16. The largest absolute Gasteiger partial charge is 0.355 e. The summed E-state index contributed by atoms with van der Waals surface area (Å²) >= 11 is 0. The molecule has 0 fully saturated rings. The van der Waals surface area contributed by atoms with Crippen LogP contribution >= 0.6 is 0 Å². The highest BCUT2D eigenvalue weighted by molar-refractivity contribution is 7.89. The molecule has 140 valence electrons. The molecule has 0 aliphatic carbocycles. The van der Waals surface area contributed by atoms with Crippen molar-refractivity contribution in [1.82, 2.24) is 15.0 Å². The average molecular weight is 375 g/mol. The summed E-state index contributed by atoms with van der Waals surface area (Å²) in [6.45, 7) is 5.95. The van der Waals surface area contributed by atoms with Crippen LogP contribution in [0.15, 0.2) is 47.6 Å². The van der Waals surface area contributed by atoms with Gasteiger partial charge < -0.3 is 5.32 Å². The molecule has 0 bridgehead atoms. The van der Waals surface area contributed by atoms with Crippen LogP contribution in [0.25, 0.3) is 0 Å². The lowest BCUT2D eigenvalue weighted by molar-refractivity contribution is -0.121. The minimum absolute atomic E-state index is 0.0512. The van der Waals surface area contributed by atoms with E-state index >= 15 is 0 Å². The number of sulfonamides is 1. The Balaban J connectivity index is 1.80. The smallest absolute Gasteiger partial charge is 0.240 e. The summed E-state index contributed by atoms with van der Waals surface area (Å²) in [6.07, 6.45) is 3.77. The molecular formula is C19H25N3O3S. The summed E-state index contributed by atoms with van der Waals surface area (Å²) in [4.78, 5) is 16.3. The van der Waals surface area contributed by atoms with Gasteiger partial charge in [-0.15, -0.1) is 0 Å². The molecule has 0 radical (unpaired) electrons. The molecule has 1 atom stereocenters. The number of benzene rings is 1. The normalized spacial score (nSPS) is 12.6. The van der Waals surface area contributed by atoms with Gasteiger partial charge in [-0.2, -0.15) is 0 Å². The Hall–Kier alpha value is -2.25. The van der Waals surface area contributed by atoms with Gasteiger partial charge in [0.2, 0.25) is 15.9 Å². The Morgan fingerprint density at radius 1 is 1.19 bits per heavy atom. The predicted molar refractivity (Wildman–Crippen MR) is 101 cm³/mol. The lowest BCUT2D eigenvalue weighted by Crippen LogP contribution is -2.35. The molecule has 0 saturated heterocycles. The number of pyridine rings is 1. The first-order chi connectivity index (χ1) is 12.3. The van der Waals surface area contributed by atoms with E-state index in [9.17, 15) is 13.2 Å². The van der Waals surface area contributed by atoms with E-state index in [1.807, 2.05) is 32.0 Å². The summed E-state index contributed by atoms with van der Waals surface area (Å²) in [5.74, 6) is -0.0670. The van der Waals surface area contributed by atoms with Crippen molar-refractivity contribution >= 4 is 15.9 Å². The van der Waals surface area contributed by atoms with Crippen LogP contribution in [-0.4, -0.2) is 32.4 Å². The second kappa shape index (κ2) is 8.91. The Morgan fingerprint density at radius 2 is 1.96 bits per heavy atom. The fourth-order valence-corrected chi connectivity index (χ4v) is 3.96. The van der Waals surface area contributed by atoms with E-state index < -0.39 is 10.0 Å². The SMILES string of the molecule is Cc1ccc(C)c(S(=O)(=O)NCCNC(=O)CC(C)c2cccnc2)c1. The van der Waals surface area contributed by atoms with Crippen LogP contribution in [0.4, 0.5) is 0 Å². The number of rotatable bonds is 8. The van der Waals surface area contributed by atoms with Crippen molar-refractivity contribution < 1.29 is 13.2 Å². The van der Waals surface area contributed by atoms with Gasteiger partial charge in [-0.25, -0.2) is 13.1 Å². The number of carbonyl (C=O) groups is 1.